The van der Waals surface area contributed by atoms with Gasteiger partial charge in [-0.1, -0.05) is 42.5 Å². The molecule has 2 aromatic carbocycles. The van der Waals surface area contributed by atoms with Crippen LogP contribution in [0, 0.1) is 6.92 Å². The fourth-order valence-corrected chi connectivity index (χ4v) is 4.36. The van der Waals surface area contributed by atoms with Crippen LogP contribution in [-0.2, 0) is 27.2 Å². The van der Waals surface area contributed by atoms with E-state index >= 15 is 0 Å². The van der Waals surface area contributed by atoms with Crippen LogP contribution in [0.1, 0.15) is 63.2 Å². The molecule has 7 nitrogen and oxygen atoms in total. The van der Waals surface area contributed by atoms with Crippen LogP contribution in [0.5, 0.6) is 0 Å². The molecule has 0 saturated carbocycles. The predicted octanol–water partition coefficient (Wildman–Crippen LogP) is 4.76. The van der Waals surface area contributed by atoms with Gasteiger partial charge in [0.1, 0.15) is 5.69 Å². The molecule has 0 bridgehead atoms. The quantitative estimate of drug-likeness (QED) is 0.415. The second-order valence-electron chi connectivity index (χ2n) is 11.4. The Balaban J connectivity index is 1.46. The van der Waals surface area contributed by atoms with Gasteiger partial charge in [-0.15, -0.1) is 0 Å². The van der Waals surface area contributed by atoms with E-state index in [2.05, 4.69) is 5.10 Å². The number of amides is 1. The number of hydrogen-bond acceptors (Lipinski definition) is 5. The average Bonchev–Trinajstić information content (AvgIpc) is 3.37. The van der Waals surface area contributed by atoms with Crippen LogP contribution in [-0.4, -0.2) is 46.7 Å². The zero-order valence-electron chi connectivity index (χ0n) is 23.2. The van der Waals surface area contributed by atoms with Crippen molar-refractivity contribution >= 4 is 24.2 Å². The van der Waals surface area contributed by atoms with Gasteiger partial charge in [-0.2, -0.15) is 5.10 Å². The monoisotopic (exact) mass is 503 g/mol. The number of nitrogens with zero attached hydrogens (tertiary/aromatic N) is 3. The molecule has 1 aliphatic rings. The zero-order valence-corrected chi connectivity index (χ0v) is 23.2. The molecule has 1 amide bonds. The van der Waals surface area contributed by atoms with Crippen molar-refractivity contribution in [3.63, 3.8) is 0 Å². The standard InChI is InChI=1S/C29H38BN3O4/c1-21-18-23(30-36-28(4,5)29(6,7)37-30)14-15-24(21)32(8)26(34)25-16-17-31-33(25)20-27(2,3)35-19-22-12-10-9-11-13-22/h9-18H,19-20H2,1-8H3. The molecule has 0 radical (unpaired) electrons. The van der Waals surface area contributed by atoms with Gasteiger partial charge < -0.3 is 18.9 Å². The molecule has 37 heavy (non-hydrogen) atoms. The van der Waals surface area contributed by atoms with Crippen LogP contribution in [0.4, 0.5) is 5.69 Å². The van der Waals surface area contributed by atoms with Crippen LogP contribution in [0.25, 0.3) is 0 Å². The predicted molar refractivity (Wildman–Crippen MR) is 147 cm³/mol. The van der Waals surface area contributed by atoms with Gasteiger partial charge in [0, 0.05) is 18.9 Å². The van der Waals surface area contributed by atoms with E-state index in [0.29, 0.717) is 18.8 Å². The lowest BCUT2D eigenvalue weighted by atomic mass is 9.78. The lowest BCUT2D eigenvalue weighted by Crippen LogP contribution is -2.41. The Bertz CT molecular complexity index is 1240. The Morgan fingerprint density at radius 1 is 1.05 bits per heavy atom. The summed E-state index contributed by atoms with van der Waals surface area (Å²) in [6.45, 7) is 15.1. The van der Waals surface area contributed by atoms with Crippen LogP contribution < -0.4 is 10.4 Å². The lowest BCUT2D eigenvalue weighted by molar-refractivity contribution is -0.0431. The third-order valence-electron chi connectivity index (χ3n) is 7.35. The number of carbonyl (C=O) groups is 1. The number of aryl methyl sites for hydroxylation is 1. The Hall–Kier alpha value is -2.94. The average molecular weight is 503 g/mol. The molecule has 1 saturated heterocycles. The summed E-state index contributed by atoms with van der Waals surface area (Å²) < 4.78 is 20.3. The first-order valence-corrected chi connectivity index (χ1v) is 12.7. The molecule has 1 fully saturated rings. The van der Waals surface area contributed by atoms with Crippen molar-refractivity contribution in [1.82, 2.24) is 9.78 Å². The smallest absolute Gasteiger partial charge is 0.399 e. The van der Waals surface area contributed by atoms with Crippen LogP contribution in [0.3, 0.4) is 0 Å². The lowest BCUT2D eigenvalue weighted by Gasteiger charge is -2.32. The van der Waals surface area contributed by atoms with Gasteiger partial charge in [0.15, 0.2) is 0 Å². The maximum absolute atomic E-state index is 13.5. The summed E-state index contributed by atoms with van der Waals surface area (Å²) in [6, 6.07) is 17.7. The molecule has 0 N–H and O–H groups in total. The van der Waals surface area contributed by atoms with E-state index in [1.807, 2.05) is 97.0 Å². The maximum Gasteiger partial charge on any atom is 0.494 e. The van der Waals surface area contributed by atoms with Crippen molar-refractivity contribution in [3.05, 3.63) is 77.6 Å². The Morgan fingerprint density at radius 2 is 1.70 bits per heavy atom. The van der Waals surface area contributed by atoms with Gasteiger partial charge in [-0.05, 0) is 77.2 Å². The molecule has 196 valence electrons. The minimum Gasteiger partial charge on any atom is -0.399 e. The van der Waals surface area contributed by atoms with Gasteiger partial charge in [-0.25, -0.2) is 0 Å². The van der Waals surface area contributed by atoms with Gasteiger partial charge in [-0.3, -0.25) is 9.48 Å². The summed E-state index contributed by atoms with van der Waals surface area (Å²) in [5, 5.41) is 4.43. The molecule has 1 aliphatic heterocycles. The summed E-state index contributed by atoms with van der Waals surface area (Å²) in [7, 11) is 1.34. The van der Waals surface area contributed by atoms with Crippen molar-refractivity contribution in [3.8, 4) is 0 Å². The summed E-state index contributed by atoms with van der Waals surface area (Å²) in [6.07, 6.45) is 1.66. The van der Waals surface area contributed by atoms with Gasteiger partial charge in [0.2, 0.25) is 0 Å². The third-order valence-corrected chi connectivity index (χ3v) is 7.35. The maximum atomic E-state index is 13.5. The Kier molecular flexibility index (Phi) is 7.39. The normalized spacial score (nSPS) is 16.7. The first-order chi connectivity index (χ1) is 17.3. The molecule has 2 heterocycles. The van der Waals surface area contributed by atoms with Crippen LogP contribution in [0.15, 0.2) is 60.8 Å². The number of rotatable bonds is 8. The number of aromatic nitrogens is 2. The fourth-order valence-electron chi connectivity index (χ4n) is 4.36. The summed E-state index contributed by atoms with van der Waals surface area (Å²) in [4.78, 5) is 15.2. The van der Waals surface area contributed by atoms with Crippen molar-refractivity contribution in [2.75, 3.05) is 11.9 Å². The second-order valence-corrected chi connectivity index (χ2v) is 11.4. The minimum absolute atomic E-state index is 0.136. The zero-order chi connectivity index (χ0) is 27.0. The number of hydrogen-bond donors (Lipinski definition) is 0. The number of anilines is 1. The Labute approximate surface area is 220 Å². The first kappa shape index (κ1) is 27.1. The van der Waals surface area contributed by atoms with E-state index < -0.39 is 23.9 Å². The van der Waals surface area contributed by atoms with Crippen molar-refractivity contribution < 1.29 is 18.8 Å². The number of ether oxygens (including phenoxy) is 1. The highest BCUT2D eigenvalue weighted by Crippen LogP contribution is 2.36. The molecular formula is C29H38BN3O4. The van der Waals surface area contributed by atoms with Crippen LogP contribution >= 0.6 is 0 Å². The summed E-state index contributed by atoms with van der Waals surface area (Å²) in [5.41, 5.74) is 2.99. The molecular weight excluding hydrogens is 465 g/mol. The van der Waals surface area contributed by atoms with E-state index in [1.54, 1.807) is 28.9 Å². The third kappa shape index (κ3) is 5.82. The van der Waals surface area contributed by atoms with Gasteiger partial charge in [0.25, 0.3) is 5.91 Å². The summed E-state index contributed by atoms with van der Waals surface area (Å²) in [5.74, 6) is -0.136. The Morgan fingerprint density at radius 3 is 2.32 bits per heavy atom. The van der Waals surface area contributed by atoms with E-state index in [1.165, 1.54) is 0 Å². The van der Waals surface area contributed by atoms with E-state index in [0.717, 1.165) is 22.3 Å². The molecule has 0 unspecified atom stereocenters. The molecule has 0 aliphatic carbocycles. The van der Waals surface area contributed by atoms with E-state index in [9.17, 15) is 4.79 Å². The van der Waals surface area contributed by atoms with Crippen molar-refractivity contribution in [1.29, 1.82) is 0 Å². The van der Waals surface area contributed by atoms with E-state index in [-0.39, 0.29) is 5.91 Å². The van der Waals surface area contributed by atoms with Crippen LogP contribution in [0.2, 0.25) is 0 Å². The van der Waals surface area contributed by atoms with Crippen molar-refractivity contribution in [2.24, 2.45) is 0 Å². The van der Waals surface area contributed by atoms with Gasteiger partial charge >= 0.3 is 7.12 Å². The van der Waals surface area contributed by atoms with Crippen molar-refractivity contribution in [2.45, 2.75) is 78.4 Å². The molecule has 3 aromatic rings. The van der Waals surface area contributed by atoms with Gasteiger partial charge in [0.05, 0.1) is 30.0 Å². The topological polar surface area (TPSA) is 65.8 Å². The SMILES string of the molecule is Cc1cc(B2OC(C)(C)C(C)(C)O2)ccc1N(C)C(=O)c1ccnn1CC(C)(C)OCc1ccccc1. The largest absolute Gasteiger partial charge is 0.494 e. The minimum atomic E-state index is -0.518. The van der Waals surface area contributed by atoms with E-state index in [4.69, 9.17) is 14.0 Å². The highest BCUT2D eigenvalue weighted by atomic mass is 16.7. The summed E-state index contributed by atoms with van der Waals surface area (Å²) >= 11 is 0. The molecule has 0 atom stereocenters. The first-order valence-electron chi connectivity index (χ1n) is 12.7. The molecule has 8 heteroatoms. The second kappa shape index (κ2) is 10.1. The fraction of sp³-hybridized carbons (Fsp3) is 0.448. The molecule has 4 rings (SSSR count). The highest BCUT2D eigenvalue weighted by molar-refractivity contribution is 6.62. The molecule has 1 aromatic heterocycles. The number of benzene rings is 2. The highest BCUT2D eigenvalue weighted by Gasteiger charge is 2.51. The number of carbonyl (C=O) groups excluding carboxylic acids is 1. The molecule has 0 spiro atoms.